The molecule has 371 valence electrons. The van der Waals surface area contributed by atoms with Crippen LogP contribution in [0.5, 0.6) is 5.75 Å². The third-order valence-corrected chi connectivity index (χ3v) is 13.4. The summed E-state index contributed by atoms with van der Waals surface area (Å²) in [6, 6.07) is 15.3. The number of thiazole rings is 1. The van der Waals surface area contributed by atoms with Crippen molar-refractivity contribution in [3.63, 3.8) is 0 Å². The van der Waals surface area contributed by atoms with Crippen molar-refractivity contribution >= 4 is 40.0 Å². The van der Waals surface area contributed by atoms with Crippen molar-refractivity contribution in [2.45, 2.75) is 97.7 Å². The summed E-state index contributed by atoms with van der Waals surface area (Å²) < 4.78 is 69.5. The van der Waals surface area contributed by atoms with Crippen LogP contribution in [0.1, 0.15) is 82.1 Å². The number of fused-ring (bicyclic) bond motifs is 3. The summed E-state index contributed by atoms with van der Waals surface area (Å²) in [6.07, 6.45) is 2.91. The minimum atomic E-state index is -1.61. The van der Waals surface area contributed by atoms with Crippen molar-refractivity contribution < 1.29 is 46.5 Å². The van der Waals surface area contributed by atoms with Crippen molar-refractivity contribution in [3.8, 4) is 16.2 Å². The normalized spacial score (nSPS) is 18.1. The maximum atomic E-state index is 16.0. The van der Waals surface area contributed by atoms with Gasteiger partial charge in [0.25, 0.3) is 0 Å². The number of alkyl halides is 1. The van der Waals surface area contributed by atoms with E-state index in [1.807, 2.05) is 100.0 Å². The zero-order valence-electron chi connectivity index (χ0n) is 40.5. The van der Waals surface area contributed by atoms with Gasteiger partial charge in [-0.1, -0.05) is 63.2 Å². The van der Waals surface area contributed by atoms with E-state index in [2.05, 4.69) is 20.6 Å². The van der Waals surface area contributed by atoms with E-state index in [-0.39, 0.29) is 88.5 Å². The van der Waals surface area contributed by atoms with Gasteiger partial charge in [-0.3, -0.25) is 19.3 Å². The Bertz CT molecular complexity index is 2530. The van der Waals surface area contributed by atoms with Crippen molar-refractivity contribution in [1.82, 2.24) is 30.4 Å². The number of halogens is 3. The van der Waals surface area contributed by atoms with Crippen molar-refractivity contribution in [2.24, 2.45) is 5.41 Å². The lowest BCUT2D eigenvalue weighted by molar-refractivity contribution is -0.144. The van der Waals surface area contributed by atoms with Crippen LogP contribution in [0.4, 0.5) is 13.2 Å². The van der Waals surface area contributed by atoms with Crippen LogP contribution in [-0.2, 0) is 41.6 Å². The van der Waals surface area contributed by atoms with Gasteiger partial charge in [-0.25, -0.2) is 18.2 Å². The first kappa shape index (κ1) is 51.5. The summed E-state index contributed by atoms with van der Waals surface area (Å²) in [6.45, 7) is 13.6. The lowest BCUT2D eigenvalue weighted by Crippen LogP contribution is -2.58. The molecule has 2 aromatic heterocycles. The molecule has 1 saturated heterocycles. The summed E-state index contributed by atoms with van der Waals surface area (Å²) >= 11 is 1.58. The highest BCUT2D eigenvalue weighted by Crippen LogP contribution is 2.44. The molecule has 3 aromatic carbocycles. The summed E-state index contributed by atoms with van der Waals surface area (Å²) in [4.78, 5) is 52.4. The number of carbonyl (C=O) groups is 3. The van der Waals surface area contributed by atoms with Gasteiger partial charge < -0.3 is 39.5 Å². The average Bonchev–Trinajstić information content (AvgIpc) is 4.05. The standard InChI is InChI=1S/C52H64F3N6O7S/c1-32-25-38-37-11-8-9-12-41(37)58-45(38)46(61(32)30-52(6,7)55)44-39(53)26-36(27-40(44)54)68-24-23-66-20-19-65-21-22-67-29-43(62)59-48(51(3,4)5)50(64)60-18-10-13-42(60)49(63)56-28-34-14-16-35(17-15-34)47-33(2)57-31-69-47/h8-12,14-17,26-27,31-32,42,46,48,58H,13,18-25,28-30H2,1-7H3,(H,56,63)(H,59,62)/t32-,42+,46-,48-/m1/s1. The Kier molecular flexibility index (Phi) is 16.9. The molecule has 17 heteroatoms. The van der Waals surface area contributed by atoms with E-state index in [4.69, 9.17) is 18.9 Å². The SMILES string of the molecule is Cc1ncsc1-c1ccc(CNC(=O)[C@@H]2C[CH]CN2C(=O)[C@@H](NC(=O)COCCOCCOCCOc2cc(F)c([C@@H]3c4[nH]c5ccccc5c4C[C@@H](C)N3CC(C)(C)F)c(F)c2)C(C)(C)C)cc1. The van der Waals surface area contributed by atoms with Gasteiger partial charge in [0.05, 0.1) is 55.2 Å². The topological polar surface area (TPSA) is 147 Å². The van der Waals surface area contributed by atoms with Crippen LogP contribution in [0.15, 0.2) is 66.2 Å². The van der Waals surface area contributed by atoms with E-state index in [9.17, 15) is 14.4 Å². The number of benzene rings is 3. The van der Waals surface area contributed by atoms with Gasteiger partial charge in [-0.05, 0) is 75.1 Å². The molecule has 5 aromatic rings. The number of para-hydroxylation sites is 1. The minimum Gasteiger partial charge on any atom is -0.491 e. The zero-order valence-corrected chi connectivity index (χ0v) is 41.3. The largest absolute Gasteiger partial charge is 0.491 e. The molecule has 0 saturated carbocycles. The number of likely N-dealkylation sites (tertiary alicyclic amines) is 1. The number of rotatable bonds is 21. The van der Waals surface area contributed by atoms with Crippen molar-refractivity contribution in [3.05, 3.63) is 112 Å². The minimum absolute atomic E-state index is 0.00400. The van der Waals surface area contributed by atoms with Crippen LogP contribution in [0.25, 0.3) is 21.3 Å². The number of aromatic nitrogens is 2. The number of nitrogens with zero attached hydrogens (tertiary/aromatic N) is 3. The Hall–Kier alpha value is -5.33. The van der Waals surface area contributed by atoms with E-state index in [0.717, 1.165) is 50.3 Å². The number of ether oxygens (including phenoxy) is 4. The molecule has 0 aliphatic carbocycles. The summed E-state index contributed by atoms with van der Waals surface area (Å²) in [5.41, 5.74) is 4.83. The number of hydrogen-bond donors (Lipinski definition) is 3. The third-order valence-electron chi connectivity index (χ3n) is 12.4. The second-order valence-corrected chi connectivity index (χ2v) is 20.3. The molecule has 1 radical (unpaired) electrons. The first-order valence-electron chi connectivity index (χ1n) is 23.5. The molecule has 3 N–H and O–H groups in total. The van der Waals surface area contributed by atoms with E-state index < -0.39 is 46.8 Å². The molecule has 69 heavy (non-hydrogen) atoms. The predicted octanol–water partition coefficient (Wildman–Crippen LogP) is 8.04. The fourth-order valence-electron chi connectivity index (χ4n) is 9.02. The zero-order chi connectivity index (χ0) is 49.5. The summed E-state index contributed by atoms with van der Waals surface area (Å²) in [7, 11) is 0. The lowest BCUT2D eigenvalue weighted by Gasteiger charge is -2.43. The molecular weight excluding hydrogens is 910 g/mol. The molecule has 2 aliphatic rings. The Morgan fingerprint density at radius 1 is 0.928 bits per heavy atom. The predicted molar refractivity (Wildman–Crippen MR) is 259 cm³/mol. The number of hydrogen-bond acceptors (Lipinski definition) is 10. The Morgan fingerprint density at radius 2 is 1.59 bits per heavy atom. The first-order valence-corrected chi connectivity index (χ1v) is 24.3. The van der Waals surface area contributed by atoms with Gasteiger partial charge in [-0.15, -0.1) is 11.3 Å². The van der Waals surface area contributed by atoms with Crippen LogP contribution in [0.2, 0.25) is 0 Å². The summed E-state index contributed by atoms with van der Waals surface area (Å²) in [5.74, 6) is -2.67. The molecule has 1 fully saturated rings. The van der Waals surface area contributed by atoms with Gasteiger partial charge in [0, 0.05) is 60.0 Å². The number of aryl methyl sites for hydroxylation is 1. The van der Waals surface area contributed by atoms with Crippen molar-refractivity contribution in [1.29, 1.82) is 0 Å². The molecule has 0 bridgehead atoms. The van der Waals surface area contributed by atoms with E-state index in [0.29, 0.717) is 25.1 Å². The second-order valence-electron chi connectivity index (χ2n) is 19.4. The molecule has 3 amide bonds. The van der Waals surface area contributed by atoms with Gasteiger partial charge in [-0.2, -0.15) is 0 Å². The highest BCUT2D eigenvalue weighted by atomic mass is 32.1. The molecular formula is C52H64F3N6O7S. The molecule has 0 unspecified atom stereocenters. The molecule has 7 rings (SSSR count). The van der Waals surface area contributed by atoms with Crippen molar-refractivity contribution in [2.75, 3.05) is 59.3 Å². The quantitative estimate of drug-likeness (QED) is 0.0622. The number of nitrogens with one attached hydrogen (secondary N) is 3. The molecule has 13 nitrogen and oxygen atoms in total. The molecule has 4 heterocycles. The maximum absolute atomic E-state index is 16.0. The Balaban J connectivity index is 0.800. The van der Waals surface area contributed by atoms with Crippen LogP contribution < -0.4 is 15.4 Å². The van der Waals surface area contributed by atoms with Gasteiger partial charge >= 0.3 is 0 Å². The van der Waals surface area contributed by atoms with E-state index in [1.54, 1.807) is 11.3 Å². The fraction of sp³-hybridized carbons (Fsp3) is 0.481. The van der Waals surface area contributed by atoms with Crippen LogP contribution in [-0.4, -0.2) is 121 Å². The maximum Gasteiger partial charge on any atom is 0.246 e. The fourth-order valence-corrected chi connectivity index (χ4v) is 9.83. The molecule has 4 atom stereocenters. The number of amides is 3. The number of aromatic amines is 1. The van der Waals surface area contributed by atoms with Gasteiger partial charge in [0.1, 0.15) is 48.4 Å². The van der Waals surface area contributed by atoms with Gasteiger partial charge in [0.2, 0.25) is 17.7 Å². The second kappa shape index (κ2) is 22.6. The van der Waals surface area contributed by atoms with Crippen LogP contribution >= 0.6 is 11.3 Å². The smallest absolute Gasteiger partial charge is 0.246 e. The lowest BCUT2D eigenvalue weighted by atomic mass is 9.85. The van der Waals surface area contributed by atoms with E-state index >= 15 is 13.2 Å². The first-order chi connectivity index (χ1) is 32.9. The number of carbonyl (C=O) groups excluding carboxylic acids is 3. The monoisotopic (exact) mass is 973 g/mol. The number of H-pyrrole nitrogens is 1. The molecule has 2 aliphatic heterocycles. The Morgan fingerprint density at radius 3 is 2.25 bits per heavy atom. The molecule has 0 spiro atoms. The van der Waals surface area contributed by atoms with Crippen LogP contribution in [0, 0.1) is 30.4 Å². The third kappa shape index (κ3) is 12.9. The average molecular weight is 974 g/mol. The highest BCUT2D eigenvalue weighted by molar-refractivity contribution is 7.13. The highest BCUT2D eigenvalue weighted by Gasteiger charge is 2.43. The van der Waals surface area contributed by atoms with Gasteiger partial charge in [0.15, 0.2) is 0 Å². The summed E-state index contributed by atoms with van der Waals surface area (Å²) in [5, 5.41) is 6.78. The van der Waals surface area contributed by atoms with E-state index in [1.165, 1.54) is 18.7 Å². The Labute approximate surface area is 406 Å². The van der Waals surface area contributed by atoms with Crippen LogP contribution in [0.3, 0.4) is 0 Å².